The van der Waals surface area contributed by atoms with Crippen molar-refractivity contribution in [2.24, 2.45) is 5.73 Å². The maximum absolute atomic E-state index is 12.5. The van der Waals surface area contributed by atoms with Crippen LogP contribution in [0.15, 0.2) is 67.1 Å². The molecule has 0 aliphatic heterocycles. The number of carbonyl (C=O) groups is 4. The Morgan fingerprint density at radius 1 is 0.897 bits per heavy atom. The van der Waals surface area contributed by atoms with Crippen molar-refractivity contribution in [3.8, 4) is 5.75 Å². The average molecular weight is 540 g/mol. The molecule has 0 fully saturated rings. The summed E-state index contributed by atoms with van der Waals surface area (Å²) in [4.78, 5) is 52.3. The number of rotatable bonds is 13. The van der Waals surface area contributed by atoms with Gasteiger partial charge in [0.1, 0.15) is 11.8 Å². The first-order valence-electron chi connectivity index (χ1n) is 12.2. The summed E-state index contributed by atoms with van der Waals surface area (Å²) in [7, 11) is 0. The fourth-order valence-electron chi connectivity index (χ4n) is 3.40. The number of amides is 2. The van der Waals surface area contributed by atoms with E-state index in [2.05, 4.69) is 20.6 Å². The molecule has 1 heterocycles. The summed E-state index contributed by atoms with van der Waals surface area (Å²) in [6.07, 6.45) is 3.97. The molecule has 208 valence electrons. The number of aliphatic carboxylic acids is 2. The summed E-state index contributed by atoms with van der Waals surface area (Å²) in [6, 6.07) is 14.1. The van der Waals surface area contributed by atoms with Crippen LogP contribution in [-0.4, -0.2) is 67.7 Å². The Kier molecular flexibility index (Phi) is 12.7. The number of imidazole rings is 1. The van der Waals surface area contributed by atoms with Crippen LogP contribution in [0.25, 0.3) is 0 Å². The Balaban J connectivity index is 0.000000370. The minimum atomic E-state index is -1.23. The van der Waals surface area contributed by atoms with Gasteiger partial charge in [0, 0.05) is 31.3 Å². The van der Waals surface area contributed by atoms with Gasteiger partial charge in [-0.2, -0.15) is 0 Å². The quantitative estimate of drug-likeness (QED) is 0.165. The number of aromatic hydroxyl groups is 1. The third kappa shape index (κ3) is 12.4. The second-order valence-electron chi connectivity index (χ2n) is 8.63. The lowest BCUT2D eigenvalue weighted by molar-refractivity contribution is -0.139. The van der Waals surface area contributed by atoms with Crippen molar-refractivity contribution in [1.29, 1.82) is 0 Å². The van der Waals surface area contributed by atoms with Crippen LogP contribution in [-0.2, 0) is 38.4 Å². The maximum atomic E-state index is 12.5. The number of carboxylic acids is 2. The monoisotopic (exact) mass is 539 g/mol. The lowest BCUT2D eigenvalue weighted by atomic mass is 10.1. The molecule has 0 saturated carbocycles. The Bertz CT molecular complexity index is 1190. The van der Waals surface area contributed by atoms with E-state index >= 15 is 0 Å². The maximum Gasteiger partial charge on any atom is 0.305 e. The van der Waals surface area contributed by atoms with Gasteiger partial charge in [0.05, 0.1) is 18.8 Å². The number of aromatic amines is 1. The predicted molar refractivity (Wildman–Crippen MR) is 142 cm³/mol. The molecule has 12 heteroatoms. The summed E-state index contributed by atoms with van der Waals surface area (Å²) < 4.78 is 0. The van der Waals surface area contributed by atoms with Gasteiger partial charge in [-0.25, -0.2) is 4.98 Å². The molecule has 39 heavy (non-hydrogen) atoms. The van der Waals surface area contributed by atoms with Gasteiger partial charge in [0.25, 0.3) is 0 Å². The van der Waals surface area contributed by atoms with Gasteiger partial charge in [-0.05, 0) is 36.1 Å². The van der Waals surface area contributed by atoms with Gasteiger partial charge in [0.2, 0.25) is 11.8 Å². The van der Waals surface area contributed by atoms with Crippen LogP contribution in [0.2, 0.25) is 0 Å². The van der Waals surface area contributed by atoms with Crippen LogP contribution < -0.4 is 16.4 Å². The van der Waals surface area contributed by atoms with Crippen LogP contribution in [0.4, 0.5) is 0 Å². The summed E-state index contributed by atoms with van der Waals surface area (Å²) >= 11 is 0. The van der Waals surface area contributed by atoms with Crippen molar-refractivity contribution in [2.45, 2.75) is 44.2 Å². The fourth-order valence-corrected chi connectivity index (χ4v) is 3.40. The van der Waals surface area contributed by atoms with Gasteiger partial charge in [0.15, 0.2) is 0 Å². The molecule has 0 unspecified atom stereocenters. The zero-order valence-corrected chi connectivity index (χ0v) is 21.2. The third-order valence-corrected chi connectivity index (χ3v) is 5.46. The Morgan fingerprint density at radius 2 is 1.56 bits per heavy atom. The number of hydrogen-bond donors (Lipinski definition) is 7. The summed E-state index contributed by atoms with van der Waals surface area (Å²) in [6.45, 7) is 0.402. The van der Waals surface area contributed by atoms with Crippen molar-refractivity contribution in [3.05, 3.63) is 83.9 Å². The first kappa shape index (κ1) is 30.5. The van der Waals surface area contributed by atoms with E-state index < -0.39 is 36.4 Å². The molecular weight excluding hydrogens is 506 g/mol. The van der Waals surface area contributed by atoms with E-state index in [1.807, 2.05) is 30.3 Å². The number of aryl methyl sites for hydroxylation is 1. The second-order valence-corrected chi connectivity index (χ2v) is 8.63. The molecule has 0 saturated heterocycles. The Morgan fingerprint density at radius 3 is 2.15 bits per heavy atom. The van der Waals surface area contributed by atoms with E-state index in [-0.39, 0.29) is 24.5 Å². The topological polar surface area (TPSA) is 208 Å². The molecule has 2 amide bonds. The summed E-state index contributed by atoms with van der Waals surface area (Å²) in [5.41, 5.74) is 8.23. The highest BCUT2D eigenvalue weighted by Gasteiger charge is 2.25. The molecular formula is C27H33N5O7. The number of nitrogens with two attached hydrogens (primary N) is 1. The van der Waals surface area contributed by atoms with Gasteiger partial charge in [-0.1, -0.05) is 42.5 Å². The van der Waals surface area contributed by atoms with E-state index in [0.717, 1.165) is 11.1 Å². The highest BCUT2D eigenvalue weighted by Crippen LogP contribution is 2.10. The largest absolute Gasteiger partial charge is 0.508 e. The third-order valence-electron chi connectivity index (χ3n) is 5.46. The van der Waals surface area contributed by atoms with Crippen LogP contribution in [0.3, 0.4) is 0 Å². The van der Waals surface area contributed by atoms with Crippen molar-refractivity contribution < 1.29 is 34.5 Å². The zero-order chi connectivity index (χ0) is 28.6. The standard InChI is InChI=1S/C18H23N5O4.C9H10O3/c19-14(9-16(24)25)17(26)23-15(8-13-10-20-11-22-13)18(27)21-7-6-12-4-2-1-3-5-12;10-8-4-1-7(2-5-8)3-6-9(11)12/h1-5,10-11,14-15H,6-9,19H2,(H,20,22)(H,21,27)(H,23,26)(H,24,25);1-2,4-5,10H,3,6H2,(H,11,12)/t14-,15-;/m0./s1. The highest BCUT2D eigenvalue weighted by atomic mass is 16.4. The number of hydrogen-bond acceptors (Lipinski definition) is 7. The molecule has 2 atom stereocenters. The van der Waals surface area contributed by atoms with E-state index in [9.17, 15) is 19.2 Å². The average Bonchev–Trinajstić information content (AvgIpc) is 3.41. The summed E-state index contributed by atoms with van der Waals surface area (Å²) in [5, 5.41) is 31.4. The zero-order valence-electron chi connectivity index (χ0n) is 21.2. The smallest absolute Gasteiger partial charge is 0.305 e. The van der Waals surface area contributed by atoms with Crippen molar-refractivity contribution in [3.63, 3.8) is 0 Å². The molecule has 3 rings (SSSR count). The Labute approximate surface area is 225 Å². The molecule has 0 aliphatic rings. The lowest BCUT2D eigenvalue weighted by Gasteiger charge is -2.20. The number of phenols is 1. The number of carbonyl (C=O) groups excluding carboxylic acids is 2. The minimum absolute atomic E-state index is 0.130. The number of carboxylic acid groups (broad SMARTS) is 2. The number of phenolic OH excluding ortho intramolecular Hbond substituents is 1. The second kappa shape index (κ2) is 16.2. The molecule has 0 radical (unpaired) electrons. The minimum Gasteiger partial charge on any atom is -0.508 e. The first-order valence-corrected chi connectivity index (χ1v) is 12.2. The van der Waals surface area contributed by atoms with Crippen molar-refractivity contribution >= 4 is 23.8 Å². The molecule has 1 aromatic heterocycles. The lowest BCUT2D eigenvalue weighted by Crippen LogP contribution is -2.53. The molecule has 0 aliphatic carbocycles. The number of aromatic nitrogens is 2. The molecule has 12 nitrogen and oxygen atoms in total. The Hall–Kier alpha value is -4.71. The molecule has 0 spiro atoms. The number of H-pyrrole nitrogens is 1. The first-order chi connectivity index (χ1) is 18.6. The number of nitrogens with zero attached hydrogens (tertiary/aromatic N) is 1. The normalized spacial score (nSPS) is 11.8. The number of nitrogens with one attached hydrogen (secondary N) is 3. The van der Waals surface area contributed by atoms with Gasteiger partial charge >= 0.3 is 11.9 Å². The van der Waals surface area contributed by atoms with Gasteiger partial charge in [-0.3, -0.25) is 19.2 Å². The van der Waals surface area contributed by atoms with E-state index in [1.54, 1.807) is 30.5 Å². The summed E-state index contributed by atoms with van der Waals surface area (Å²) in [5.74, 6) is -2.86. The van der Waals surface area contributed by atoms with Gasteiger partial charge < -0.3 is 36.7 Å². The molecule has 0 bridgehead atoms. The van der Waals surface area contributed by atoms with Crippen LogP contribution in [0.1, 0.15) is 29.7 Å². The molecule has 2 aromatic carbocycles. The van der Waals surface area contributed by atoms with Crippen LogP contribution >= 0.6 is 0 Å². The molecule has 3 aromatic rings. The van der Waals surface area contributed by atoms with Gasteiger partial charge in [-0.15, -0.1) is 0 Å². The highest BCUT2D eigenvalue weighted by molar-refractivity contribution is 5.91. The fraction of sp³-hybridized carbons (Fsp3) is 0.296. The van der Waals surface area contributed by atoms with Crippen molar-refractivity contribution in [2.75, 3.05) is 6.54 Å². The van der Waals surface area contributed by atoms with Crippen LogP contribution in [0, 0.1) is 0 Å². The SMILES string of the molecule is N[C@@H](CC(=O)O)C(=O)N[C@@H](Cc1cnc[nH]1)C(=O)NCCc1ccccc1.O=C(O)CCc1ccc(O)cc1. The number of benzene rings is 2. The van der Waals surface area contributed by atoms with E-state index in [0.29, 0.717) is 25.1 Å². The van der Waals surface area contributed by atoms with Crippen LogP contribution in [0.5, 0.6) is 5.75 Å². The van der Waals surface area contributed by atoms with E-state index in [1.165, 1.54) is 6.33 Å². The van der Waals surface area contributed by atoms with Crippen molar-refractivity contribution in [1.82, 2.24) is 20.6 Å². The predicted octanol–water partition coefficient (Wildman–Crippen LogP) is 1.01. The van der Waals surface area contributed by atoms with E-state index in [4.69, 9.17) is 21.1 Å². The molecule has 8 N–H and O–H groups in total.